The van der Waals surface area contributed by atoms with Gasteiger partial charge in [-0.1, -0.05) is 0 Å². The fourth-order valence-electron chi connectivity index (χ4n) is 1.27. The van der Waals surface area contributed by atoms with Gasteiger partial charge in [-0.15, -0.1) is 0 Å². The lowest BCUT2D eigenvalue weighted by atomic mass is 10.2. The van der Waals surface area contributed by atoms with E-state index in [-0.39, 0.29) is 0 Å². The van der Waals surface area contributed by atoms with E-state index in [2.05, 4.69) is 27.8 Å². The van der Waals surface area contributed by atoms with E-state index in [1.165, 1.54) is 0 Å². The van der Waals surface area contributed by atoms with Crippen LogP contribution in [-0.4, -0.2) is 22.8 Å². The van der Waals surface area contributed by atoms with Gasteiger partial charge < -0.3 is 10.6 Å². The van der Waals surface area contributed by atoms with Crippen molar-refractivity contribution in [2.75, 3.05) is 17.2 Å². The summed E-state index contributed by atoms with van der Waals surface area (Å²) in [7, 11) is 0. The Morgan fingerprint density at radius 3 is 3.45 bits per heavy atom. The molecule has 1 aliphatic heterocycles. The van der Waals surface area contributed by atoms with Gasteiger partial charge in [0, 0.05) is 12.6 Å². The molecule has 1 aromatic heterocycles. The van der Waals surface area contributed by atoms with E-state index < -0.39 is 0 Å². The molecule has 3 N–H and O–H groups in total. The molecule has 0 saturated heterocycles. The maximum Gasteiger partial charge on any atom is 0.145 e. The van der Waals surface area contributed by atoms with Crippen molar-refractivity contribution >= 4 is 11.5 Å². The lowest BCUT2D eigenvalue weighted by Gasteiger charge is -2.08. The molecule has 1 atom stereocenters. The molecule has 1 aliphatic rings. The normalized spacial score (nSPS) is 22.8. The van der Waals surface area contributed by atoms with E-state index in [4.69, 9.17) is 0 Å². The second-order valence-corrected chi connectivity index (χ2v) is 2.92. The molecular weight excluding hydrogens is 140 g/mol. The van der Waals surface area contributed by atoms with Crippen LogP contribution in [-0.2, 0) is 0 Å². The summed E-state index contributed by atoms with van der Waals surface area (Å²) in [6.45, 7) is 3.18. The molecule has 4 heteroatoms. The number of nitrogens with zero attached hydrogens (tertiary/aromatic N) is 1. The van der Waals surface area contributed by atoms with Crippen LogP contribution in [0.25, 0.3) is 0 Å². The number of aromatic amines is 1. The fraction of sp³-hybridized carbons (Fsp3) is 0.571. The first-order valence-electron chi connectivity index (χ1n) is 3.90. The zero-order valence-corrected chi connectivity index (χ0v) is 6.52. The summed E-state index contributed by atoms with van der Waals surface area (Å²) in [4.78, 5) is 0. The number of anilines is 2. The molecule has 2 heterocycles. The third-order valence-electron chi connectivity index (χ3n) is 1.92. The molecule has 0 bridgehead atoms. The van der Waals surface area contributed by atoms with Crippen LogP contribution >= 0.6 is 0 Å². The van der Waals surface area contributed by atoms with Crippen LogP contribution in [0.1, 0.15) is 13.3 Å². The Balaban J connectivity index is 2.26. The summed E-state index contributed by atoms with van der Waals surface area (Å²) in [5.74, 6) is 1.01. The van der Waals surface area contributed by atoms with Crippen molar-refractivity contribution in [1.29, 1.82) is 0 Å². The molecule has 0 aromatic carbocycles. The number of hydrogen-bond acceptors (Lipinski definition) is 3. The first-order valence-corrected chi connectivity index (χ1v) is 3.90. The number of H-pyrrole nitrogens is 1. The first-order chi connectivity index (χ1) is 5.36. The molecule has 4 nitrogen and oxygen atoms in total. The van der Waals surface area contributed by atoms with Crippen LogP contribution < -0.4 is 10.6 Å². The summed E-state index contributed by atoms with van der Waals surface area (Å²) >= 11 is 0. The Kier molecular flexibility index (Phi) is 1.45. The first kappa shape index (κ1) is 6.52. The highest BCUT2D eigenvalue weighted by atomic mass is 15.2. The van der Waals surface area contributed by atoms with Gasteiger partial charge in [-0.3, -0.25) is 5.10 Å². The van der Waals surface area contributed by atoms with Crippen LogP contribution in [0, 0.1) is 0 Å². The third-order valence-corrected chi connectivity index (χ3v) is 1.92. The maximum absolute atomic E-state index is 3.93. The minimum Gasteiger partial charge on any atom is -0.381 e. The Hall–Kier alpha value is -1.19. The second kappa shape index (κ2) is 2.45. The smallest absolute Gasteiger partial charge is 0.145 e. The van der Waals surface area contributed by atoms with Crippen LogP contribution in [0.15, 0.2) is 6.20 Å². The monoisotopic (exact) mass is 152 g/mol. The van der Waals surface area contributed by atoms with Gasteiger partial charge in [0.25, 0.3) is 0 Å². The Morgan fingerprint density at radius 1 is 1.64 bits per heavy atom. The lowest BCUT2D eigenvalue weighted by molar-refractivity contribution is 0.740. The van der Waals surface area contributed by atoms with Crippen molar-refractivity contribution in [2.24, 2.45) is 0 Å². The van der Waals surface area contributed by atoms with Gasteiger partial charge in [0.2, 0.25) is 0 Å². The maximum atomic E-state index is 3.93. The molecule has 0 radical (unpaired) electrons. The average molecular weight is 152 g/mol. The molecule has 11 heavy (non-hydrogen) atoms. The molecule has 2 rings (SSSR count). The van der Waals surface area contributed by atoms with Crippen molar-refractivity contribution in [1.82, 2.24) is 10.2 Å². The molecule has 0 amide bonds. The quantitative estimate of drug-likeness (QED) is 0.520. The topological polar surface area (TPSA) is 52.7 Å². The SMILES string of the molecule is CC1CCNc2cn[nH]c2N1. The van der Waals surface area contributed by atoms with Gasteiger partial charge in [0.15, 0.2) is 0 Å². The van der Waals surface area contributed by atoms with Crippen LogP contribution in [0.5, 0.6) is 0 Å². The molecular formula is C7H12N4. The number of nitrogens with one attached hydrogen (secondary N) is 3. The standard InChI is InChI=1S/C7H12N4/c1-5-2-3-8-6-4-9-11-7(6)10-5/h4-5,8H,2-3H2,1H3,(H2,9,10,11). The number of fused-ring (bicyclic) bond motifs is 1. The van der Waals surface area contributed by atoms with E-state index in [9.17, 15) is 0 Å². The Labute approximate surface area is 65.4 Å². The summed E-state index contributed by atoms with van der Waals surface area (Å²) in [5.41, 5.74) is 1.08. The average Bonchev–Trinajstić information content (AvgIpc) is 2.31. The molecule has 0 fully saturated rings. The van der Waals surface area contributed by atoms with Crippen LogP contribution in [0.2, 0.25) is 0 Å². The van der Waals surface area contributed by atoms with Crippen molar-refractivity contribution in [2.45, 2.75) is 19.4 Å². The van der Waals surface area contributed by atoms with E-state index in [1.807, 2.05) is 0 Å². The van der Waals surface area contributed by atoms with Crippen molar-refractivity contribution < 1.29 is 0 Å². The van der Waals surface area contributed by atoms with Crippen molar-refractivity contribution in [3.8, 4) is 0 Å². The summed E-state index contributed by atoms with van der Waals surface area (Å²) < 4.78 is 0. The van der Waals surface area contributed by atoms with E-state index in [0.29, 0.717) is 6.04 Å². The predicted molar refractivity (Wildman–Crippen MR) is 44.8 cm³/mol. The van der Waals surface area contributed by atoms with E-state index >= 15 is 0 Å². The van der Waals surface area contributed by atoms with Gasteiger partial charge in [-0.2, -0.15) is 5.10 Å². The number of aromatic nitrogens is 2. The molecule has 1 unspecified atom stereocenters. The number of rotatable bonds is 0. The minimum atomic E-state index is 0.518. The predicted octanol–water partition coefficient (Wildman–Crippen LogP) is 1.03. The largest absolute Gasteiger partial charge is 0.381 e. The Morgan fingerprint density at radius 2 is 2.55 bits per heavy atom. The van der Waals surface area contributed by atoms with Gasteiger partial charge >= 0.3 is 0 Å². The van der Waals surface area contributed by atoms with Crippen molar-refractivity contribution in [3.05, 3.63) is 6.20 Å². The number of hydrogen-bond donors (Lipinski definition) is 3. The fourth-order valence-corrected chi connectivity index (χ4v) is 1.27. The van der Waals surface area contributed by atoms with E-state index in [1.54, 1.807) is 6.20 Å². The summed E-state index contributed by atoms with van der Waals surface area (Å²) in [5, 5.41) is 13.4. The second-order valence-electron chi connectivity index (χ2n) is 2.92. The highest BCUT2D eigenvalue weighted by Gasteiger charge is 2.11. The summed E-state index contributed by atoms with van der Waals surface area (Å²) in [6.07, 6.45) is 2.95. The van der Waals surface area contributed by atoms with Gasteiger partial charge in [-0.05, 0) is 13.3 Å². The van der Waals surface area contributed by atoms with Gasteiger partial charge in [-0.25, -0.2) is 0 Å². The molecule has 0 saturated carbocycles. The minimum absolute atomic E-state index is 0.518. The molecule has 0 spiro atoms. The Bertz CT molecular complexity index is 242. The van der Waals surface area contributed by atoms with E-state index in [0.717, 1.165) is 24.5 Å². The summed E-state index contributed by atoms with van der Waals surface area (Å²) in [6, 6.07) is 0.518. The molecule has 60 valence electrons. The van der Waals surface area contributed by atoms with Gasteiger partial charge in [0.1, 0.15) is 5.82 Å². The third kappa shape index (κ3) is 1.15. The van der Waals surface area contributed by atoms with Crippen molar-refractivity contribution in [3.63, 3.8) is 0 Å². The molecule has 1 aromatic rings. The highest BCUT2D eigenvalue weighted by Crippen LogP contribution is 2.21. The highest BCUT2D eigenvalue weighted by molar-refractivity contribution is 5.64. The lowest BCUT2D eigenvalue weighted by Crippen LogP contribution is -2.15. The zero-order chi connectivity index (χ0) is 7.68. The van der Waals surface area contributed by atoms with Crippen LogP contribution in [0.4, 0.5) is 11.5 Å². The molecule has 0 aliphatic carbocycles. The van der Waals surface area contributed by atoms with Gasteiger partial charge in [0.05, 0.1) is 11.9 Å². The zero-order valence-electron chi connectivity index (χ0n) is 6.52. The van der Waals surface area contributed by atoms with Crippen LogP contribution in [0.3, 0.4) is 0 Å².